The van der Waals surface area contributed by atoms with Gasteiger partial charge in [-0.15, -0.1) is 18.2 Å². The fourth-order valence-electron chi connectivity index (χ4n) is 1.52. The number of anilines is 1. The third kappa shape index (κ3) is 3.11. The molecule has 0 aliphatic carbocycles. The second-order valence-corrected chi connectivity index (χ2v) is 4.53. The van der Waals surface area contributed by atoms with Gasteiger partial charge < -0.3 is 5.32 Å². The van der Waals surface area contributed by atoms with E-state index in [0.29, 0.717) is 0 Å². The number of benzene rings is 1. The van der Waals surface area contributed by atoms with Crippen molar-refractivity contribution in [1.82, 2.24) is 9.97 Å². The zero-order valence-corrected chi connectivity index (χ0v) is 10.2. The first-order chi connectivity index (χ1) is 8.42. The van der Waals surface area contributed by atoms with Crippen LogP contribution in [-0.2, 0) is 0 Å². The van der Waals surface area contributed by atoms with Crippen molar-refractivity contribution in [3.05, 3.63) is 30.6 Å². The fourth-order valence-corrected chi connectivity index (χ4v) is 2.03. The molecule has 17 heavy (non-hydrogen) atoms. The molecule has 0 atom stereocenters. The van der Waals surface area contributed by atoms with E-state index >= 15 is 0 Å². The maximum absolute atomic E-state index is 5.18. The van der Waals surface area contributed by atoms with Crippen LogP contribution in [0.25, 0.3) is 10.9 Å². The predicted octanol–water partition coefficient (Wildman–Crippen LogP) is 2.41. The van der Waals surface area contributed by atoms with Crippen LogP contribution in [0, 0.1) is 12.3 Å². The molecule has 0 saturated carbocycles. The SMILES string of the molecule is C#CCSCCNc1ncnc2ccccc12. The smallest absolute Gasteiger partial charge is 0.137 e. The summed E-state index contributed by atoms with van der Waals surface area (Å²) in [4.78, 5) is 8.47. The molecular weight excluding hydrogens is 230 g/mol. The third-order valence-corrected chi connectivity index (χ3v) is 3.13. The van der Waals surface area contributed by atoms with Crippen LogP contribution < -0.4 is 5.32 Å². The molecule has 0 fully saturated rings. The molecule has 0 unspecified atom stereocenters. The Morgan fingerprint density at radius 3 is 3.06 bits per heavy atom. The van der Waals surface area contributed by atoms with Gasteiger partial charge in [-0.1, -0.05) is 18.1 Å². The summed E-state index contributed by atoms with van der Waals surface area (Å²) < 4.78 is 0. The highest BCUT2D eigenvalue weighted by Gasteiger charge is 2.01. The number of hydrogen-bond donors (Lipinski definition) is 1. The van der Waals surface area contributed by atoms with Gasteiger partial charge >= 0.3 is 0 Å². The standard InChI is InChI=1S/C13H13N3S/c1-2-8-17-9-7-14-13-11-5-3-4-6-12(11)15-10-16-13/h1,3-6,10H,7-9H2,(H,14,15,16). The molecule has 0 spiro atoms. The van der Waals surface area contributed by atoms with Crippen molar-refractivity contribution in [3.8, 4) is 12.3 Å². The van der Waals surface area contributed by atoms with Crippen LogP contribution in [0.1, 0.15) is 0 Å². The molecule has 0 amide bonds. The van der Waals surface area contributed by atoms with Gasteiger partial charge in [-0.25, -0.2) is 9.97 Å². The van der Waals surface area contributed by atoms with Crippen LogP contribution in [-0.4, -0.2) is 28.0 Å². The van der Waals surface area contributed by atoms with Crippen molar-refractivity contribution in [2.24, 2.45) is 0 Å². The third-order valence-electron chi connectivity index (χ3n) is 2.27. The molecule has 4 heteroatoms. The summed E-state index contributed by atoms with van der Waals surface area (Å²) in [6.45, 7) is 0.855. The number of rotatable bonds is 5. The van der Waals surface area contributed by atoms with E-state index in [2.05, 4.69) is 21.2 Å². The molecule has 0 aliphatic rings. The Balaban J connectivity index is 2.01. The van der Waals surface area contributed by atoms with Gasteiger partial charge in [-0.2, -0.15) is 0 Å². The highest BCUT2D eigenvalue weighted by Crippen LogP contribution is 2.18. The summed E-state index contributed by atoms with van der Waals surface area (Å²) in [5.41, 5.74) is 0.960. The van der Waals surface area contributed by atoms with E-state index in [1.807, 2.05) is 24.3 Å². The molecule has 1 N–H and O–H groups in total. The van der Waals surface area contributed by atoms with E-state index in [1.165, 1.54) is 0 Å². The van der Waals surface area contributed by atoms with Gasteiger partial charge in [0.15, 0.2) is 0 Å². The summed E-state index contributed by atoms with van der Waals surface area (Å²) >= 11 is 1.74. The lowest BCUT2D eigenvalue weighted by molar-refractivity contribution is 1.15. The number of terminal acetylenes is 1. The van der Waals surface area contributed by atoms with Crippen LogP contribution >= 0.6 is 11.8 Å². The summed E-state index contributed by atoms with van der Waals surface area (Å²) in [5, 5.41) is 4.36. The minimum atomic E-state index is 0.756. The van der Waals surface area contributed by atoms with Crippen LogP contribution in [0.3, 0.4) is 0 Å². The molecule has 2 rings (SSSR count). The Morgan fingerprint density at radius 1 is 1.29 bits per heavy atom. The van der Waals surface area contributed by atoms with Gasteiger partial charge in [0.2, 0.25) is 0 Å². The first kappa shape index (κ1) is 11.7. The van der Waals surface area contributed by atoms with Crippen LogP contribution in [0.4, 0.5) is 5.82 Å². The number of nitrogens with one attached hydrogen (secondary N) is 1. The van der Waals surface area contributed by atoms with Crippen LogP contribution in [0.2, 0.25) is 0 Å². The maximum Gasteiger partial charge on any atom is 0.137 e. The summed E-state index contributed by atoms with van der Waals surface area (Å²) in [6.07, 6.45) is 6.77. The summed E-state index contributed by atoms with van der Waals surface area (Å²) in [6, 6.07) is 7.97. The van der Waals surface area contributed by atoms with Crippen molar-refractivity contribution in [2.75, 3.05) is 23.4 Å². The first-order valence-corrected chi connectivity index (χ1v) is 6.52. The van der Waals surface area contributed by atoms with Crippen molar-refractivity contribution in [3.63, 3.8) is 0 Å². The molecular formula is C13H13N3S. The molecule has 3 nitrogen and oxygen atoms in total. The minimum absolute atomic E-state index is 0.756. The molecule has 0 radical (unpaired) electrons. The van der Waals surface area contributed by atoms with E-state index in [0.717, 1.165) is 34.8 Å². The lowest BCUT2D eigenvalue weighted by Gasteiger charge is -2.07. The second kappa shape index (κ2) is 6.12. The van der Waals surface area contributed by atoms with Gasteiger partial charge in [0.25, 0.3) is 0 Å². The molecule has 2 aromatic rings. The Morgan fingerprint density at radius 2 is 2.18 bits per heavy atom. The van der Waals surface area contributed by atoms with Crippen LogP contribution in [0.5, 0.6) is 0 Å². The highest BCUT2D eigenvalue weighted by molar-refractivity contribution is 7.99. The summed E-state index contributed by atoms with van der Waals surface area (Å²) in [7, 11) is 0. The number of para-hydroxylation sites is 1. The Kier molecular flexibility index (Phi) is 4.23. The number of fused-ring (bicyclic) bond motifs is 1. The van der Waals surface area contributed by atoms with E-state index in [-0.39, 0.29) is 0 Å². The van der Waals surface area contributed by atoms with Gasteiger partial charge in [0.1, 0.15) is 12.1 Å². The topological polar surface area (TPSA) is 37.8 Å². The molecule has 1 heterocycles. The van der Waals surface area contributed by atoms with Gasteiger partial charge in [0, 0.05) is 17.7 Å². The average Bonchev–Trinajstić information content (AvgIpc) is 2.39. The van der Waals surface area contributed by atoms with E-state index < -0.39 is 0 Å². The van der Waals surface area contributed by atoms with E-state index in [4.69, 9.17) is 6.42 Å². The number of thioether (sulfide) groups is 1. The van der Waals surface area contributed by atoms with Crippen molar-refractivity contribution < 1.29 is 0 Å². The predicted molar refractivity (Wildman–Crippen MR) is 74.2 cm³/mol. The Hall–Kier alpha value is -1.73. The zero-order valence-electron chi connectivity index (χ0n) is 9.39. The van der Waals surface area contributed by atoms with Crippen LogP contribution in [0.15, 0.2) is 30.6 Å². The Labute approximate surface area is 105 Å². The molecule has 86 valence electrons. The normalized spacial score (nSPS) is 10.1. The molecule has 1 aromatic heterocycles. The van der Waals surface area contributed by atoms with Crippen molar-refractivity contribution >= 4 is 28.5 Å². The quantitative estimate of drug-likeness (QED) is 0.646. The Bertz CT molecular complexity index is 528. The molecule has 0 aliphatic heterocycles. The minimum Gasteiger partial charge on any atom is -0.369 e. The number of aromatic nitrogens is 2. The van der Waals surface area contributed by atoms with Gasteiger partial charge in [0.05, 0.1) is 11.3 Å². The fraction of sp³-hybridized carbons (Fsp3) is 0.231. The van der Waals surface area contributed by atoms with Gasteiger partial charge in [-0.3, -0.25) is 0 Å². The number of hydrogen-bond acceptors (Lipinski definition) is 4. The molecule has 0 bridgehead atoms. The highest BCUT2D eigenvalue weighted by atomic mass is 32.2. The molecule has 1 aromatic carbocycles. The zero-order chi connectivity index (χ0) is 11.9. The lowest BCUT2D eigenvalue weighted by atomic mass is 10.2. The largest absolute Gasteiger partial charge is 0.369 e. The maximum atomic E-state index is 5.18. The van der Waals surface area contributed by atoms with Crippen molar-refractivity contribution in [1.29, 1.82) is 0 Å². The van der Waals surface area contributed by atoms with Gasteiger partial charge in [-0.05, 0) is 12.1 Å². The monoisotopic (exact) mass is 243 g/mol. The average molecular weight is 243 g/mol. The lowest BCUT2D eigenvalue weighted by Crippen LogP contribution is -2.06. The first-order valence-electron chi connectivity index (χ1n) is 5.36. The van der Waals surface area contributed by atoms with E-state index in [1.54, 1.807) is 18.1 Å². The second-order valence-electron chi connectivity index (χ2n) is 3.42. The molecule has 0 saturated heterocycles. The number of nitrogens with zero attached hydrogens (tertiary/aromatic N) is 2. The summed E-state index contributed by atoms with van der Waals surface area (Å²) in [5.74, 6) is 5.22. The van der Waals surface area contributed by atoms with Crippen molar-refractivity contribution in [2.45, 2.75) is 0 Å². The van der Waals surface area contributed by atoms with E-state index in [9.17, 15) is 0 Å².